The van der Waals surface area contributed by atoms with Crippen LogP contribution in [0.4, 0.5) is 0 Å². The minimum atomic E-state index is -1.12. The summed E-state index contributed by atoms with van der Waals surface area (Å²) in [5.41, 5.74) is 1.11. The predicted octanol–water partition coefficient (Wildman–Crippen LogP) is 1.30. The lowest BCUT2D eigenvalue weighted by molar-refractivity contribution is -0.140. The van der Waals surface area contributed by atoms with Crippen molar-refractivity contribution >= 4 is 41.0 Å². The number of carbonyl (C=O) groups excluding carboxylic acids is 1. The Morgan fingerprint density at radius 2 is 2.13 bits per heavy atom. The van der Waals surface area contributed by atoms with Crippen molar-refractivity contribution in [3.05, 3.63) is 43.2 Å². The number of nitrogens with zero attached hydrogens (tertiary/aromatic N) is 2. The van der Waals surface area contributed by atoms with Crippen LogP contribution in [-0.4, -0.2) is 26.7 Å². The van der Waals surface area contributed by atoms with Crippen LogP contribution in [0.3, 0.4) is 0 Å². The lowest BCUT2D eigenvalue weighted by Crippen LogP contribution is -2.25. The van der Waals surface area contributed by atoms with Crippen molar-refractivity contribution in [3.63, 3.8) is 0 Å². The summed E-state index contributed by atoms with van der Waals surface area (Å²) >= 11 is 6.16. The van der Waals surface area contributed by atoms with Gasteiger partial charge in [0.05, 0.1) is 10.9 Å². The zero-order valence-corrected chi connectivity index (χ0v) is 13.9. The van der Waals surface area contributed by atoms with E-state index in [1.54, 1.807) is 12.1 Å². The van der Waals surface area contributed by atoms with E-state index in [4.69, 9.17) is 17.3 Å². The molecule has 0 aliphatic carbocycles. The van der Waals surface area contributed by atoms with Gasteiger partial charge in [0.2, 0.25) is 5.88 Å². The molecule has 3 rings (SSSR count). The van der Waals surface area contributed by atoms with Crippen LogP contribution >= 0.6 is 23.6 Å². The smallest absolute Gasteiger partial charge is 0.326 e. The first kappa shape index (κ1) is 15.6. The molecule has 6 nitrogen and oxygen atoms in total. The van der Waals surface area contributed by atoms with Crippen LogP contribution in [0, 0.1) is 10.9 Å². The van der Waals surface area contributed by atoms with E-state index in [2.05, 4.69) is 4.99 Å². The number of aromatic hydroxyl groups is 1. The molecule has 1 aliphatic rings. The molecule has 1 aromatic carbocycles. The number of aromatic nitrogens is 1. The Hall–Kier alpha value is -2.32. The molecule has 1 aromatic heterocycles. The van der Waals surface area contributed by atoms with Crippen LogP contribution in [0.1, 0.15) is 23.4 Å². The van der Waals surface area contributed by atoms with Crippen molar-refractivity contribution in [2.45, 2.75) is 19.9 Å². The summed E-state index contributed by atoms with van der Waals surface area (Å²) in [6.07, 6.45) is 0. The van der Waals surface area contributed by atoms with Gasteiger partial charge in [0, 0.05) is 5.22 Å². The molecule has 1 atom stereocenters. The number of aryl methyl sites for hydroxylation is 1. The minimum Gasteiger partial charge on any atom is -0.493 e. The Bertz CT molecular complexity index is 1030. The number of fused-ring (bicyclic) bond motifs is 1. The van der Waals surface area contributed by atoms with Crippen molar-refractivity contribution in [2.24, 2.45) is 4.99 Å². The first-order valence-electron chi connectivity index (χ1n) is 6.73. The lowest BCUT2D eigenvalue weighted by Gasteiger charge is -2.09. The second-order valence-electron chi connectivity index (χ2n) is 5.17. The van der Waals surface area contributed by atoms with Crippen molar-refractivity contribution in [1.82, 2.24) is 4.57 Å². The third-order valence-corrected chi connectivity index (χ3v) is 5.13. The molecular formula is C15H12N2O4S2. The summed E-state index contributed by atoms with van der Waals surface area (Å²) in [6.45, 7) is 3.26. The average Bonchev–Trinajstić information content (AvgIpc) is 2.96. The van der Waals surface area contributed by atoms with E-state index in [0.29, 0.717) is 10.6 Å². The Morgan fingerprint density at radius 1 is 1.43 bits per heavy atom. The van der Waals surface area contributed by atoms with E-state index in [0.717, 1.165) is 21.5 Å². The van der Waals surface area contributed by atoms with Crippen molar-refractivity contribution in [1.29, 1.82) is 0 Å². The molecule has 8 heteroatoms. The Morgan fingerprint density at radius 3 is 2.78 bits per heavy atom. The molecule has 0 bridgehead atoms. The molecular weight excluding hydrogens is 336 g/mol. The van der Waals surface area contributed by atoms with Crippen molar-refractivity contribution < 1.29 is 19.8 Å². The van der Waals surface area contributed by atoms with E-state index >= 15 is 0 Å². The molecule has 23 heavy (non-hydrogen) atoms. The van der Waals surface area contributed by atoms with Crippen LogP contribution < -0.4 is 10.6 Å². The van der Waals surface area contributed by atoms with Gasteiger partial charge >= 0.3 is 5.97 Å². The zero-order chi connectivity index (χ0) is 16.9. The first-order chi connectivity index (χ1) is 10.8. The normalized spacial score (nSPS) is 14.5. The summed E-state index contributed by atoms with van der Waals surface area (Å²) in [5.74, 6) is -1.90. The van der Waals surface area contributed by atoms with E-state index in [1.165, 1.54) is 6.92 Å². The van der Waals surface area contributed by atoms with Gasteiger partial charge in [0.15, 0.2) is 3.95 Å². The lowest BCUT2D eigenvalue weighted by atomic mass is 10.1. The fourth-order valence-electron chi connectivity index (χ4n) is 2.49. The van der Waals surface area contributed by atoms with Gasteiger partial charge < -0.3 is 10.2 Å². The number of thiazole rings is 1. The number of aliphatic carboxylic acids is 1. The van der Waals surface area contributed by atoms with Gasteiger partial charge in [-0.3, -0.25) is 9.36 Å². The molecule has 0 saturated carbocycles. The summed E-state index contributed by atoms with van der Waals surface area (Å²) in [6, 6.07) is 4.37. The molecule has 1 amide bonds. The molecule has 0 radical (unpaired) electrons. The quantitative estimate of drug-likeness (QED) is 0.816. The third-order valence-electron chi connectivity index (χ3n) is 3.72. The monoisotopic (exact) mass is 348 g/mol. The Balaban J connectivity index is 2.34. The van der Waals surface area contributed by atoms with Gasteiger partial charge in [-0.05, 0) is 31.6 Å². The van der Waals surface area contributed by atoms with Crippen LogP contribution in [0.15, 0.2) is 23.2 Å². The second-order valence-corrected chi connectivity index (χ2v) is 6.81. The molecule has 0 spiro atoms. The fraction of sp³-hybridized carbons (Fsp3) is 0.200. The highest BCUT2D eigenvalue weighted by Crippen LogP contribution is 2.34. The Kier molecular flexibility index (Phi) is 3.65. The van der Waals surface area contributed by atoms with Gasteiger partial charge in [0.1, 0.15) is 10.9 Å². The van der Waals surface area contributed by atoms with Crippen molar-refractivity contribution in [3.8, 4) is 5.88 Å². The fourth-order valence-corrected chi connectivity index (χ4v) is 4.00. The number of hydrogen-bond donors (Lipinski definition) is 2. The maximum atomic E-state index is 12.3. The van der Waals surface area contributed by atoms with Gasteiger partial charge in [-0.1, -0.05) is 18.2 Å². The highest BCUT2D eigenvalue weighted by atomic mass is 32.1. The van der Waals surface area contributed by atoms with Crippen molar-refractivity contribution in [2.75, 3.05) is 0 Å². The highest BCUT2D eigenvalue weighted by molar-refractivity contribution is 7.73. The van der Waals surface area contributed by atoms with E-state index in [-0.39, 0.29) is 20.3 Å². The van der Waals surface area contributed by atoms with Gasteiger partial charge in [0.25, 0.3) is 5.91 Å². The zero-order valence-electron chi connectivity index (χ0n) is 12.2. The standard InChI is InChI=1S/C15H12N2O4S2/c1-6-4-3-5-8-9(12(18)16-10(6)8)11-13(19)17(15(22)23-11)7(2)14(20)21/h3-5,7,19H,1-2H3,(H,20,21)/t7-/m1/s1. The molecule has 2 N–H and O–H groups in total. The molecule has 2 aromatic rings. The summed E-state index contributed by atoms with van der Waals surface area (Å²) in [7, 11) is 0. The number of para-hydroxylation sites is 1. The van der Waals surface area contributed by atoms with Crippen LogP contribution in [-0.2, 0) is 9.59 Å². The number of benzene rings is 1. The van der Waals surface area contributed by atoms with Gasteiger partial charge in [-0.15, -0.1) is 11.3 Å². The van der Waals surface area contributed by atoms with E-state index < -0.39 is 17.9 Å². The van der Waals surface area contributed by atoms with Crippen LogP contribution in [0.5, 0.6) is 5.88 Å². The highest BCUT2D eigenvalue weighted by Gasteiger charge is 2.28. The van der Waals surface area contributed by atoms with Gasteiger partial charge in [-0.2, -0.15) is 0 Å². The number of carboxylic acids is 1. The molecule has 118 valence electrons. The van der Waals surface area contributed by atoms with E-state index in [1.807, 2.05) is 13.0 Å². The minimum absolute atomic E-state index is 0.189. The molecule has 1 aliphatic heterocycles. The van der Waals surface area contributed by atoms with Gasteiger partial charge in [-0.25, -0.2) is 9.79 Å². The SMILES string of the molecule is Cc1cccc2c1=NC(=O)C=2c1sc(=S)n([C@H](C)C(=O)O)c1O. The van der Waals surface area contributed by atoms with Crippen LogP contribution in [0.2, 0.25) is 0 Å². The second kappa shape index (κ2) is 5.39. The Labute approximate surface area is 139 Å². The number of hydrogen-bond acceptors (Lipinski definition) is 5. The maximum absolute atomic E-state index is 12.3. The summed E-state index contributed by atoms with van der Waals surface area (Å²) in [4.78, 5) is 27.7. The average molecular weight is 348 g/mol. The number of carboxylic acid groups (broad SMARTS) is 1. The predicted molar refractivity (Wildman–Crippen MR) is 86.6 cm³/mol. The van der Waals surface area contributed by atoms with Crippen LogP contribution in [0.25, 0.3) is 5.57 Å². The number of rotatable bonds is 3. The van der Waals surface area contributed by atoms with E-state index in [9.17, 15) is 14.7 Å². The molecule has 2 heterocycles. The largest absolute Gasteiger partial charge is 0.493 e. The summed E-state index contributed by atoms with van der Waals surface area (Å²) < 4.78 is 1.32. The first-order valence-corrected chi connectivity index (χ1v) is 7.96. The number of carbonyl (C=O) groups is 2. The maximum Gasteiger partial charge on any atom is 0.326 e. The molecule has 0 saturated heterocycles. The summed E-state index contributed by atoms with van der Waals surface area (Å²) in [5, 5.41) is 20.8. The number of amides is 1. The molecule has 0 unspecified atom stereocenters. The third kappa shape index (κ3) is 2.30. The topological polar surface area (TPSA) is 91.9 Å². The molecule has 0 fully saturated rings.